The summed E-state index contributed by atoms with van der Waals surface area (Å²) < 4.78 is 0. The fourth-order valence-corrected chi connectivity index (χ4v) is 10.5. The first-order chi connectivity index (χ1) is 18.2. The Morgan fingerprint density at radius 1 is 0.816 bits per heavy atom. The second-order valence-electron chi connectivity index (χ2n) is 15.4. The summed E-state index contributed by atoms with van der Waals surface area (Å²) in [5.41, 5.74) is 6.48. The van der Waals surface area contributed by atoms with Crippen LogP contribution < -0.4 is 16.4 Å². The van der Waals surface area contributed by atoms with Crippen LogP contribution in [0.25, 0.3) is 0 Å². The van der Waals surface area contributed by atoms with E-state index >= 15 is 0 Å². The van der Waals surface area contributed by atoms with Crippen LogP contribution in [-0.2, 0) is 0 Å². The Kier molecular flexibility index (Phi) is 11.1. The molecular weight excluding hydrogens is 466 g/mol. The highest BCUT2D eigenvalue weighted by atomic mass is 16.3. The predicted molar refractivity (Wildman–Crippen MR) is 162 cm³/mol. The van der Waals surface area contributed by atoms with E-state index in [1.165, 1.54) is 77.0 Å². The Hall–Kier alpha value is -0.160. The molecule has 0 bridgehead atoms. The highest BCUT2D eigenvalue weighted by Crippen LogP contribution is 2.68. The summed E-state index contributed by atoms with van der Waals surface area (Å²) in [6.45, 7) is 16.7. The van der Waals surface area contributed by atoms with Crippen LogP contribution in [0.5, 0.6) is 0 Å². The monoisotopic (exact) mass is 532 g/mol. The van der Waals surface area contributed by atoms with Gasteiger partial charge in [-0.25, -0.2) is 0 Å². The second kappa shape index (κ2) is 13.7. The van der Waals surface area contributed by atoms with Crippen LogP contribution in [0.1, 0.15) is 125 Å². The van der Waals surface area contributed by atoms with Gasteiger partial charge in [-0.3, -0.25) is 0 Å². The van der Waals surface area contributed by atoms with E-state index in [0.29, 0.717) is 28.7 Å². The van der Waals surface area contributed by atoms with Gasteiger partial charge in [0.1, 0.15) is 0 Å². The molecule has 4 aliphatic rings. The van der Waals surface area contributed by atoms with Crippen molar-refractivity contribution in [3.8, 4) is 0 Å². The minimum Gasteiger partial charge on any atom is -0.393 e. The van der Waals surface area contributed by atoms with Gasteiger partial charge in [0.15, 0.2) is 0 Å². The number of aliphatic hydroxyl groups is 1. The minimum absolute atomic E-state index is 0.0748. The van der Waals surface area contributed by atoms with Gasteiger partial charge >= 0.3 is 0 Å². The van der Waals surface area contributed by atoms with Crippen LogP contribution in [0.4, 0.5) is 0 Å². The molecule has 222 valence electrons. The van der Waals surface area contributed by atoms with Crippen LogP contribution in [0, 0.1) is 52.3 Å². The lowest BCUT2D eigenvalue weighted by molar-refractivity contribution is -0.167. The van der Waals surface area contributed by atoms with Crippen LogP contribution in [0.3, 0.4) is 0 Å². The molecule has 4 nitrogen and oxygen atoms in total. The first-order valence-electron chi connectivity index (χ1n) is 17.0. The van der Waals surface area contributed by atoms with Crippen LogP contribution in [0.2, 0.25) is 0 Å². The smallest absolute Gasteiger partial charge is 0.0577 e. The van der Waals surface area contributed by atoms with E-state index in [1.807, 2.05) is 0 Å². The zero-order valence-corrected chi connectivity index (χ0v) is 25.9. The summed E-state index contributed by atoms with van der Waals surface area (Å²) in [6, 6.07) is 0.644. The number of nitrogens with two attached hydrogens (primary N) is 1. The average Bonchev–Trinajstić information content (AvgIpc) is 3.23. The van der Waals surface area contributed by atoms with E-state index < -0.39 is 0 Å². The highest BCUT2D eigenvalue weighted by molar-refractivity contribution is 5.12. The molecule has 5 N–H and O–H groups in total. The third kappa shape index (κ3) is 6.66. The van der Waals surface area contributed by atoms with Gasteiger partial charge < -0.3 is 21.5 Å². The summed E-state index contributed by atoms with van der Waals surface area (Å²) in [4.78, 5) is 0. The van der Waals surface area contributed by atoms with Crippen molar-refractivity contribution in [2.75, 3.05) is 26.2 Å². The van der Waals surface area contributed by atoms with E-state index in [2.05, 4.69) is 45.3 Å². The van der Waals surface area contributed by atoms with Gasteiger partial charge in [0.05, 0.1) is 6.10 Å². The summed E-state index contributed by atoms with van der Waals surface area (Å²) >= 11 is 0. The molecule has 0 radical (unpaired) electrons. The molecular formula is C34H65N3O. The van der Waals surface area contributed by atoms with Gasteiger partial charge in [-0.05, 0) is 149 Å². The number of hydrogen-bond acceptors (Lipinski definition) is 4. The quantitative estimate of drug-likeness (QED) is 0.187. The lowest BCUT2D eigenvalue weighted by atomic mass is 9.43. The van der Waals surface area contributed by atoms with Crippen molar-refractivity contribution < 1.29 is 5.11 Å². The summed E-state index contributed by atoms with van der Waals surface area (Å²) in [5.74, 6) is 5.27. The normalized spacial score (nSPS) is 41.5. The van der Waals surface area contributed by atoms with Crippen molar-refractivity contribution in [3.05, 3.63) is 0 Å². The average molecular weight is 532 g/mol. The largest absolute Gasteiger partial charge is 0.393 e. The summed E-state index contributed by atoms with van der Waals surface area (Å²) in [6.07, 6.45) is 18.2. The van der Waals surface area contributed by atoms with Gasteiger partial charge in [-0.2, -0.15) is 0 Å². The number of unbranched alkanes of at least 4 members (excludes halogenated alkanes) is 1. The number of aliphatic hydroxyl groups excluding tert-OH is 1. The molecule has 0 heterocycles. The Balaban J connectivity index is 1.30. The molecule has 0 amide bonds. The van der Waals surface area contributed by atoms with Crippen molar-refractivity contribution in [1.82, 2.24) is 10.6 Å². The topological polar surface area (TPSA) is 70.3 Å². The first kappa shape index (κ1) is 30.8. The van der Waals surface area contributed by atoms with Crippen molar-refractivity contribution in [2.24, 2.45) is 58.0 Å². The third-order valence-corrected chi connectivity index (χ3v) is 12.7. The standard InChI is InChI=1S/C34H65N3O/c1-24(2)10-8-11-25(3)28-12-13-29-32-30(15-17-34(28,29)5)33(4)16-14-27(22-26(33)23-31(32)38)37-21-9-20-36-19-7-6-18-35/h24-32,36-38H,6-23,35H2,1-5H3/t25?,26-,27+,28-,29?,30?,31-,32?,33+,34-/m1/s1. The maximum atomic E-state index is 11.7. The van der Waals surface area contributed by atoms with Crippen LogP contribution >= 0.6 is 0 Å². The lowest BCUT2D eigenvalue weighted by Gasteiger charge is -2.62. The molecule has 0 saturated heterocycles. The fourth-order valence-electron chi connectivity index (χ4n) is 10.5. The van der Waals surface area contributed by atoms with Crippen LogP contribution in [0.15, 0.2) is 0 Å². The maximum Gasteiger partial charge on any atom is 0.0577 e. The Morgan fingerprint density at radius 3 is 2.32 bits per heavy atom. The van der Waals surface area contributed by atoms with Crippen molar-refractivity contribution >= 4 is 0 Å². The molecule has 0 aromatic heterocycles. The molecule has 4 saturated carbocycles. The van der Waals surface area contributed by atoms with Crippen molar-refractivity contribution in [1.29, 1.82) is 0 Å². The van der Waals surface area contributed by atoms with E-state index in [4.69, 9.17) is 5.73 Å². The Labute approximate surface area is 236 Å². The summed E-state index contributed by atoms with van der Waals surface area (Å²) in [7, 11) is 0. The van der Waals surface area contributed by atoms with Gasteiger partial charge in [0, 0.05) is 6.04 Å². The van der Waals surface area contributed by atoms with Crippen molar-refractivity contribution in [2.45, 2.75) is 137 Å². The number of fused-ring (bicyclic) bond motifs is 5. The van der Waals surface area contributed by atoms with E-state index in [1.54, 1.807) is 0 Å². The van der Waals surface area contributed by atoms with Crippen LogP contribution in [-0.4, -0.2) is 43.4 Å². The molecule has 4 unspecified atom stereocenters. The molecule has 0 aromatic rings. The van der Waals surface area contributed by atoms with E-state index in [0.717, 1.165) is 68.6 Å². The van der Waals surface area contributed by atoms with Crippen molar-refractivity contribution in [3.63, 3.8) is 0 Å². The first-order valence-corrected chi connectivity index (χ1v) is 17.0. The summed E-state index contributed by atoms with van der Waals surface area (Å²) in [5, 5.41) is 19.2. The Morgan fingerprint density at radius 2 is 1.55 bits per heavy atom. The molecule has 0 aromatic carbocycles. The molecule has 0 spiro atoms. The zero-order chi connectivity index (χ0) is 27.3. The second-order valence-corrected chi connectivity index (χ2v) is 15.4. The third-order valence-electron chi connectivity index (χ3n) is 12.7. The number of hydrogen-bond donors (Lipinski definition) is 4. The predicted octanol–water partition coefficient (Wildman–Crippen LogP) is 6.76. The lowest BCUT2D eigenvalue weighted by Crippen LogP contribution is -2.59. The molecule has 10 atom stereocenters. The molecule has 0 aliphatic heterocycles. The minimum atomic E-state index is -0.0748. The van der Waals surface area contributed by atoms with Gasteiger partial charge in [-0.1, -0.05) is 53.9 Å². The SMILES string of the molecule is CC(C)CCCC(C)[C@H]1CCC2C3C(CC[C@@]21C)[C@@]1(C)CC[C@H](NCCCNCCCCN)C[C@@H]1C[C@H]3O. The molecule has 4 heteroatoms. The molecule has 4 fully saturated rings. The van der Waals surface area contributed by atoms with Gasteiger partial charge in [0.25, 0.3) is 0 Å². The number of rotatable bonds is 14. The van der Waals surface area contributed by atoms with Gasteiger partial charge in [0.2, 0.25) is 0 Å². The maximum absolute atomic E-state index is 11.7. The Bertz CT molecular complexity index is 714. The zero-order valence-electron chi connectivity index (χ0n) is 25.9. The van der Waals surface area contributed by atoms with Gasteiger partial charge in [-0.15, -0.1) is 0 Å². The van der Waals surface area contributed by atoms with E-state index in [-0.39, 0.29) is 6.10 Å². The fraction of sp³-hybridized carbons (Fsp3) is 1.00. The molecule has 38 heavy (non-hydrogen) atoms. The molecule has 4 rings (SSSR count). The van der Waals surface area contributed by atoms with E-state index in [9.17, 15) is 5.11 Å². The highest BCUT2D eigenvalue weighted by Gasteiger charge is 2.62. The number of nitrogens with one attached hydrogen (secondary N) is 2. The molecule has 4 aliphatic carbocycles.